The Labute approximate surface area is 211 Å². The molecule has 1 saturated carbocycles. The molecular formula is C29H31BrN2O2. The Balaban J connectivity index is 0.00000200. The lowest BCUT2D eigenvalue weighted by molar-refractivity contribution is -0.942. The Kier molecular flexibility index (Phi) is 4.57. The number of nitrogens with zero attached hydrogens (tertiary/aromatic N) is 2. The van der Waals surface area contributed by atoms with E-state index in [4.69, 9.17) is 4.74 Å². The molecule has 7 atom stereocenters. The maximum absolute atomic E-state index is 13.6. The highest BCUT2D eigenvalue weighted by atomic mass is 79.9. The second-order valence-electron chi connectivity index (χ2n) is 11.4. The van der Waals surface area contributed by atoms with Gasteiger partial charge in [0.1, 0.15) is 12.6 Å². The maximum atomic E-state index is 13.6. The quantitative estimate of drug-likeness (QED) is 0.445. The van der Waals surface area contributed by atoms with E-state index < -0.39 is 0 Å². The lowest BCUT2D eigenvalue weighted by atomic mass is 9.53. The van der Waals surface area contributed by atoms with Crippen molar-refractivity contribution in [1.82, 2.24) is 0 Å². The molecule has 2 aromatic rings. The van der Waals surface area contributed by atoms with Gasteiger partial charge in [-0.1, -0.05) is 54.6 Å². The zero-order valence-corrected chi connectivity index (χ0v) is 21.0. The van der Waals surface area contributed by atoms with E-state index in [-0.39, 0.29) is 40.4 Å². The smallest absolute Gasteiger partial charge is 0.229 e. The van der Waals surface area contributed by atoms with Gasteiger partial charge in [0.05, 0.1) is 43.7 Å². The molecule has 0 radical (unpaired) electrons. The van der Waals surface area contributed by atoms with Crippen molar-refractivity contribution in [1.29, 1.82) is 0 Å². The lowest BCUT2D eigenvalue weighted by Gasteiger charge is -2.60. The lowest BCUT2D eigenvalue weighted by Crippen LogP contribution is -3.00. The predicted molar refractivity (Wildman–Crippen MR) is 127 cm³/mol. The number of para-hydroxylation sites is 1. The van der Waals surface area contributed by atoms with Crippen molar-refractivity contribution in [3.63, 3.8) is 0 Å². The molecule has 2 aromatic carbocycles. The van der Waals surface area contributed by atoms with Crippen molar-refractivity contribution in [3.05, 3.63) is 77.4 Å². The van der Waals surface area contributed by atoms with E-state index in [9.17, 15) is 4.79 Å². The molecule has 0 N–H and O–H groups in total. The van der Waals surface area contributed by atoms with Crippen molar-refractivity contribution in [2.45, 2.75) is 49.3 Å². The molecule has 5 heterocycles. The molecule has 0 aromatic heterocycles. The fourth-order valence-electron chi connectivity index (χ4n) is 9.30. The summed E-state index contributed by atoms with van der Waals surface area (Å²) in [5.41, 5.74) is 5.83. The van der Waals surface area contributed by atoms with Crippen LogP contribution in [-0.2, 0) is 21.4 Å². The van der Waals surface area contributed by atoms with Crippen LogP contribution in [-0.4, -0.2) is 54.8 Å². The molecule has 1 amide bonds. The molecule has 6 aliphatic rings. The molecule has 3 saturated heterocycles. The number of halogens is 1. The second-order valence-corrected chi connectivity index (χ2v) is 11.4. The molecule has 8 rings (SSSR count). The number of rotatable bonds is 3. The van der Waals surface area contributed by atoms with E-state index >= 15 is 0 Å². The van der Waals surface area contributed by atoms with E-state index in [0.29, 0.717) is 30.9 Å². The molecule has 4 nitrogen and oxygen atoms in total. The number of amides is 1. The molecular weight excluding hydrogens is 488 g/mol. The number of fused-ring (bicyclic) bond motifs is 2. The highest BCUT2D eigenvalue weighted by molar-refractivity contribution is 5.99. The van der Waals surface area contributed by atoms with Crippen LogP contribution in [0.2, 0.25) is 0 Å². The van der Waals surface area contributed by atoms with Crippen LogP contribution in [0.4, 0.5) is 5.69 Å². The van der Waals surface area contributed by atoms with Crippen molar-refractivity contribution < 1.29 is 31.0 Å². The maximum Gasteiger partial charge on any atom is 0.229 e. The van der Waals surface area contributed by atoms with Crippen molar-refractivity contribution >= 4 is 11.6 Å². The number of hydrogen-bond acceptors (Lipinski definition) is 2. The average molecular weight is 519 g/mol. The van der Waals surface area contributed by atoms with Crippen molar-refractivity contribution in [3.8, 4) is 0 Å². The van der Waals surface area contributed by atoms with E-state index in [0.717, 1.165) is 6.42 Å². The van der Waals surface area contributed by atoms with Crippen LogP contribution in [0.15, 0.2) is 66.2 Å². The summed E-state index contributed by atoms with van der Waals surface area (Å²) in [6, 6.07) is 20.8. The van der Waals surface area contributed by atoms with E-state index in [2.05, 4.69) is 65.6 Å². The van der Waals surface area contributed by atoms with Gasteiger partial charge in [0.15, 0.2) is 0 Å². The molecule has 5 aliphatic heterocycles. The zero-order chi connectivity index (χ0) is 21.8. The summed E-state index contributed by atoms with van der Waals surface area (Å²) < 4.78 is 7.62. The monoisotopic (exact) mass is 518 g/mol. The van der Waals surface area contributed by atoms with Crippen molar-refractivity contribution in [2.24, 2.45) is 11.8 Å². The summed E-state index contributed by atoms with van der Waals surface area (Å²) in [5.74, 6) is 1.30. The van der Waals surface area contributed by atoms with E-state index in [1.54, 1.807) is 5.57 Å². The molecule has 4 fully saturated rings. The number of carbonyl (C=O) groups is 1. The minimum absolute atomic E-state index is 0. The summed E-state index contributed by atoms with van der Waals surface area (Å²) >= 11 is 0. The Morgan fingerprint density at radius 2 is 1.91 bits per heavy atom. The van der Waals surface area contributed by atoms with Crippen molar-refractivity contribution in [2.75, 3.05) is 31.1 Å². The molecule has 1 unspecified atom stereocenters. The number of benzene rings is 2. The van der Waals surface area contributed by atoms with Gasteiger partial charge in [-0.25, -0.2) is 0 Å². The van der Waals surface area contributed by atoms with Gasteiger partial charge < -0.3 is 31.1 Å². The summed E-state index contributed by atoms with van der Waals surface area (Å²) in [5, 5.41) is 0. The van der Waals surface area contributed by atoms with Gasteiger partial charge in [0, 0.05) is 30.9 Å². The molecule has 1 spiro atoms. The van der Waals surface area contributed by atoms with Gasteiger partial charge in [-0.2, -0.15) is 0 Å². The van der Waals surface area contributed by atoms with E-state index in [1.807, 2.05) is 0 Å². The number of ether oxygens (including phenoxy) is 1. The van der Waals surface area contributed by atoms with Gasteiger partial charge in [0.25, 0.3) is 0 Å². The van der Waals surface area contributed by atoms with Crippen LogP contribution >= 0.6 is 0 Å². The third-order valence-electron chi connectivity index (χ3n) is 10.4. The first-order valence-corrected chi connectivity index (χ1v) is 12.8. The highest BCUT2D eigenvalue weighted by Crippen LogP contribution is 2.67. The molecule has 176 valence electrons. The number of quaternary nitrogens is 1. The molecule has 2 bridgehead atoms. The van der Waals surface area contributed by atoms with Gasteiger partial charge in [-0.3, -0.25) is 4.79 Å². The largest absolute Gasteiger partial charge is 1.00 e. The minimum atomic E-state index is 0. The summed E-state index contributed by atoms with van der Waals surface area (Å²) in [6.45, 7) is 4.28. The third-order valence-corrected chi connectivity index (χ3v) is 10.4. The average Bonchev–Trinajstić information content (AvgIpc) is 3.29. The Hall–Kier alpha value is -1.95. The normalized spacial score (nSPS) is 40.2. The van der Waals surface area contributed by atoms with Crippen LogP contribution in [0.1, 0.15) is 30.4 Å². The number of anilines is 1. The molecule has 34 heavy (non-hydrogen) atoms. The predicted octanol–water partition coefficient (Wildman–Crippen LogP) is 0.854. The fraction of sp³-hybridized carbons (Fsp3) is 0.483. The SMILES string of the molecule is O=C1C[C@@H]2OCC=C3C[N+]4(CCc5ccccc5)CC[C@]56c7ccccc7N1[C@H]5[C@H]2[C@H]3C[C@@H]64.[Br-]. The van der Waals surface area contributed by atoms with Gasteiger partial charge in [0.2, 0.25) is 5.91 Å². The summed E-state index contributed by atoms with van der Waals surface area (Å²) in [6.07, 6.45) is 6.61. The fourth-order valence-corrected chi connectivity index (χ4v) is 9.30. The minimum Gasteiger partial charge on any atom is -1.00 e. The molecule has 5 heteroatoms. The first-order chi connectivity index (χ1) is 16.2. The number of carbonyl (C=O) groups excluding carboxylic acids is 1. The Bertz CT molecular complexity index is 1200. The first-order valence-electron chi connectivity index (χ1n) is 12.8. The zero-order valence-electron chi connectivity index (χ0n) is 19.4. The summed E-state index contributed by atoms with van der Waals surface area (Å²) in [4.78, 5) is 15.8. The summed E-state index contributed by atoms with van der Waals surface area (Å²) in [7, 11) is 0. The van der Waals surface area contributed by atoms with Gasteiger partial charge >= 0.3 is 0 Å². The Morgan fingerprint density at radius 1 is 1.09 bits per heavy atom. The molecule has 1 aliphatic carbocycles. The first kappa shape index (κ1) is 21.3. The van der Waals surface area contributed by atoms with Crippen LogP contribution < -0.4 is 21.9 Å². The van der Waals surface area contributed by atoms with E-state index in [1.165, 1.54) is 53.8 Å². The van der Waals surface area contributed by atoms with Crippen LogP contribution in [0, 0.1) is 11.8 Å². The second kappa shape index (κ2) is 7.28. The third kappa shape index (κ3) is 2.48. The number of hydrogen-bond donors (Lipinski definition) is 0. The topological polar surface area (TPSA) is 29.5 Å². The van der Waals surface area contributed by atoms with Crippen LogP contribution in [0.3, 0.4) is 0 Å². The highest BCUT2D eigenvalue weighted by Gasteiger charge is 2.75. The van der Waals surface area contributed by atoms with Gasteiger partial charge in [-0.05, 0) is 28.7 Å². The Morgan fingerprint density at radius 3 is 2.79 bits per heavy atom. The standard InChI is InChI=1S/C29H31N2O2.BrH/c32-26-17-24-27-21-16-25-29(22-8-4-5-9-23(22)30(26)28(27)29)12-14-31(25,18-20(21)11-15-33-24)13-10-19-6-2-1-3-7-19;/h1-9,11,21,24-25,27-28H,10,12-18H2;1H/q+1;/p-1/t21-,24-,25-,27-,28-,29+,31?;/m0./s1. The van der Waals surface area contributed by atoms with Crippen LogP contribution in [0.25, 0.3) is 0 Å². The van der Waals surface area contributed by atoms with Crippen LogP contribution in [0.5, 0.6) is 0 Å². The van der Waals surface area contributed by atoms with Gasteiger partial charge in [-0.15, -0.1) is 0 Å². The number of piperidine rings is 2.